The van der Waals surface area contributed by atoms with Gasteiger partial charge in [0.15, 0.2) is 0 Å². The van der Waals surface area contributed by atoms with Crippen LogP contribution in [-0.4, -0.2) is 0 Å². The van der Waals surface area contributed by atoms with Crippen molar-refractivity contribution in [2.75, 3.05) is 0 Å². The Labute approximate surface area is 138 Å². The zero-order valence-corrected chi connectivity index (χ0v) is 15.1. The number of hydrogen-bond acceptors (Lipinski definition) is 1. The molecule has 1 nitrogen and oxygen atoms in total. The Morgan fingerprint density at radius 2 is 1.73 bits per heavy atom. The minimum atomic E-state index is 0.0663. The topological polar surface area (TPSA) is 23.8 Å². The van der Waals surface area contributed by atoms with Gasteiger partial charge in [-0.05, 0) is 49.9 Å². The molecule has 0 aromatic rings. The summed E-state index contributed by atoms with van der Waals surface area (Å²) in [6, 6.07) is 2.81. The molecule has 0 bridgehead atoms. The molecule has 0 amide bonds. The van der Waals surface area contributed by atoms with E-state index in [2.05, 4.69) is 19.9 Å². The van der Waals surface area contributed by atoms with Crippen LogP contribution in [0.15, 0.2) is 0 Å². The predicted molar refractivity (Wildman–Crippen MR) is 94.5 cm³/mol. The Hall–Kier alpha value is -0.510. The fourth-order valence-corrected chi connectivity index (χ4v) is 5.27. The second kappa shape index (κ2) is 8.95. The van der Waals surface area contributed by atoms with Crippen molar-refractivity contribution in [1.29, 1.82) is 5.26 Å². The van der Waals surface area contributed by atoms with Gasteiger partial charge in [0.25, 0.3) is 0 Å². The van der Waals surface area contributed by atoms with E-state index in [9.17, 15) is 5.26 Å². The van der Waals surface area contributed by atoms with E-state index in [-0.39, 0.29) is 5.41 Å². The number of hydrogen-bond donors (Lipinski definition) is 0. The molecule has 22 heavy (non-hydrogen) atoms. The molecule has 0 radical (unpaired) electrons. The lowest BCUT2D eigenvalue weighted by molar-refractivity contribution is 0.0370. The highest BCUT2D eigenvalue weighted by molar-refractivity contribution is 5.08. The van der Waals surface area contributed by atoms with Crippen molar-refractivity contribution in [2.24, 2.45) is 23.2 Å². The molecule has 0 aromatic heterocycles. The molecule has 0 N–H and O–H groups in total. The molecule has 2 saturated carbocycles. The predicted octanol–water partition coefficient (Wildman–Crippen LogP) is 6.87. The summed E-state index contributed by atoms with van der Waals surface area (Å²) in [7, 11) is 0. The van der Waals surface area contributed by atoms with Crippen LogP contribution in [-0.2, 0) is 0 Å². The molecule has 4 atom stereocenters. The van der Waals surface area contributed by atoms with Gasteiger partial charge < -0.3 is 0 Å². The van der Waals surface area contributed by atoms with Crippen molar-refractivity contribution in [1.82, 2.24) is 0 Å². The Kier molecular flexibility index (Phi) is 7.26. The first-order valence-corrected chi connectivity index (χ1v) is 10.1. The number of rotatable bonds is 8. The van der Waals surface area contributed by atoms with Gasteiger partial charge in [-0.3, -0.25) is 0 Å². The van der Waals surface area contributed by atoms with E-state index in [0.29, 0.717) is 0 Å². The third kappa shape index (κ3) is 4.50. The molecule has 0 aromatic carbocycles. The third-order valence-electron chi connectivity index (χ3n) is 6.61. The van der Waals surface area contributed by atoms with E-state index >= 15 is 0 Å². The molecule has 1 heteroatoms. The number of fused-ring (bicyclic) bond motifs is 1. The first-order chi connectivity index (χ1) is 10.7. The lowest BCUT2D eigenvalue weighted by atomic mass is 9.55. The maximum absolute atomic E-state index is 9.87. The molecule has 0 aliphatic heterocycles. The van der Waals surface area contributed by atoms with Crippen LogP contribution in [0.3, 0.4) is 0 Å². The highest BCUT2D eigenvalue weighted by Gasteiger charge is 2.47. The number of nitriles is 1. The Balaban J connectivity index is 1.79. The summed E-state index contributed by atoms with van der Waals surface area (Å²) in [6.45, 7) is 4.58. The summed E-state index contributed by atoms with van der Waals surface area (Å²) in [5, 5.41) is 9.87. The van der Waals surface area contributed by atoms with E-state index < -0.39 is 0 Å². The van der Waals surface area contributed by atoms with Gasteiger partial charge in [-0.1, -0.05) is 71.6 Å². The van der Waals surface area contributed by atoms with Gasteiger partial charge in [-0.15, -0.1) is 0 Å². The molecule has 2 aliphatic rings. The molecule has 2 fully saturated rings. The maximum Gasteiger partial charge on any atom is 0.0692 e. The van der Waals surface area contributed by atoms with Crippen LogP contribution in [0.5, 0.6) is 0 Å². The van der Waals surface area contributed by atoms with E-state index in [1.165, 1.54) is 89.9 Å². The molecule has 0 spiro atoms. The van der Waals surface area contributed by atoms with Crippen LogP contribution in [0, 0.1) is 34.5 Å². The fourth-order valence-electron chi connectivity index (χ4n) is 5.27. The summed E-state index contributed by atoms with van der Waals surface area (Å²) >= 11 is 0. The average molecular weight is 304 g/mol. The van der Waals surface area contributed by atoms with Gasteiger partial charge in [0.1, 0.15) is 0 Å². The Bertz CT molecular complexity index is 355. The van der Waals surface area contributed by atoms with Crippen LogP contribution in [0.2, 0.25) is 0 Å². The van der Waals surface area contributed by atoms with Crippen molar-refractivity contribution in [3.8, 4) is 6.07 Å². The van der Waals surface area contributed by atoms with E-state index in [4.69, 9.17) is 0 Å². The van der Waals surface area contributed by atoms with Gasteiger partial charge >= 0.3 is 0 Å². The van der Waals surface area contributed by atoms with Crippen molar-refractivity contribution in [3.63, 3.8) is 0 Å². The SMILES string of the molecule is CCCCCCCC1CCC2(C#N)C[C@H](CCC)CC[C@@H]2C1. The summed E-state index contributed by atoms with van der Waals surface area (Å²) in [5.74, 6) is 2.49. The second-order valence-corrected chi connectivity index (χ2v) is 8.24. The smallest absolute Gasteiger partial charge is 0.0692 e. The van der Waals surface area contributed by atoms with E-state index in [0.717, 1.165) is 17.8 Å². The molecule has 126 valence electrons. The van der Waals surface area contributed by atoms with Crippen LogP contribution in [0.1, 0.15) is 104 Å². The van der Waals surface area contributed by atoms with Crippen LogP contribution in [0.4, 0.5) is 0 Å². The lowest BCUT2D eigenvalue weighted by Crippen LogP contribution is -2.40. The Morgan fingerprint density at radius 3 is 2.45 bits per heavy atom. The van der Waals surface area contributed by atoms with Gasteiger partial charge in [0, 0.05) is 0 Å². The first kappa shape index (κ1) is 17.8. The average Bonchev–Trinajstić information content (AvgIpc) is 2.55. The zero-order valence-electron chi connectivity index (χ0n) is 15.1. The molecule has 0 saturated heterocycles. The van der Waals surface area contributed by atoms with Gasteiger partial charge in [0.05, 0.1) is 11.5 Å². The number of nitrogens with zero attached hydrogens (tertiary/aromatic N) is 1. The standard InChI is InChI=1S/C21H37N/c1-3-5-6-7-8-10-18-13-14-21(17-22)16-19(9-4-2)11-12-20(21)15-18/h18-20H,3-16H2,1-2H3/t18?,19-,20-,21?/m1/s1. The third-order valence-corrected chi connectivity index (χ3v) is 6.61. The van der Waals surface area contributed by atoms with Crippen molar-refractivity contribution in [3.05, 3.63) is 0 Å². The molecule has 2 aliphatic carbocycles. The molecule has 2 rings (SSSR count). The number of unbranched alkanes of at least 4 members (excludes halogenated alkanes) is 4. The lowest BCUT2D eigenvalue weighted by Gasteiger charge is -2.48. The van der Waals surface area contributed by atoms with Crippen molar-refractivity contribution in [2.45, 2.75) is 104 Å². The van der Waals surface area contributed by atoms with E-state index in [1.54, 1.807) is 0 Å². The first-order valence-electron chi connectivity index (χ1n) is 10.1. The minimum Gasteiger partial charge on any atom is -0.198 e. The summed E-state index contributed by atoms with van der Waals surface area (Å²) in [4.78, 5) is 0. The fraction of sp³-hybridized carbons (Fsp3) is 0.952. The maximum atomic E-state index is 9.87. The van der Waals surface area contributed by atoms with Crippen LogP contribution >= 0.6 is 0 Å². The van der Waals surface area contributed by atoms with Crippen LogP contribution in [0.25, 0.3) is 0 Å². The van der Waals surface area contributed by atoms with E-state index in [1.807, 2.05) is 0 Å². The Morgan fingerprint density at radius 1 is 0.909 bits per heavy atom. The summed E-state index contributed by atoms with van der Waals surface area (Å²) in [5.41, 5.74) is 0.0663. The normalized spacial score (nSPS) is 34.9. The molecule has 0 heterocycles. The molecule has 2 unspecified atom stereocenters. The van der Waals surface area contributed by atoms with Gasteiger partial charge in [-0.25, -0.2) is 0 Å². The quantitative estimate of drug-likeness (QED) is 0.449. The second-order valence-electron chi connectivity index (χ2n) is 8.24. The minimum absolute atomic E-state index is 0.0663. The highest BCUT2D eigenvalue weighted by atomic mass is 14.5. The van der Waals surface area contributed by atoms with Gasteiger partial charge in [-0.2, -0.15) is 5.26 Å². The largest absolute Gasteiger partial charge is 0.198 e. The van der Waals surface area contributed by atoms with Crippen LogP contribution < -0.4 is 0 Å². The van der Waals surface area contributed by atoms with Crippen molar-refractivity contribution < 1.29 is 0 Å². The van der Waals surface area contributed by atoms with Crippen molar-refractivity contribution >= 4 is 0 Å². The monoisotopic (exact) mass is 303 g/mol. The summed E-state index contributed by atoms with van der Waals surface area (Å²) in [6.07, 6.45) is 18.9. The zero-order chi connectivity index (χ0) is 15.8. The van der Waals surface area contributed by atoms with Gasteiger partial charge in [0.2, 0.25) is 0 Å². The summed E-state index contributed by atoms with van der Waals surface area (Å²) < 4.78 is 0. The molecular formula is C21H37N. The highest BCUT2D eigenvalue weighted by Crippen LogP contribution is 2.54. The molecular weight excluding hydrogens is 266 g/mol.